The minimum atomic E-state index is -1.53. The summed E-state index contributed by atoms with van der Waals surface area (Å²) in [5.74, 6) is 0. The summed E-state index contributed by atoms with van der Waals surface area (Å²) in [6.45, 7) is 2.02. The first-order chi connectivity index (χ1) is 9.49. The molecule has 4 nitrogen and oxygen atoms in total. The Balaban J connectivity index is 2.06. The van der Waals surface area contributed by atoms with E-state index in [-0.39, 0.29) is 16.5 Å². The van der Waals surface area contributed by atoms with Crippen LogP contribution in [0.2, 0.25) is 0 Å². The zero-order valence-corrected chi connectivity index (χ0v) is 11.9. The number of benzene rings is 1. The van der Waals surface area contributed by atoms with Crippen molar-refractivity contribution in [1.29, 1.82) is 0 Å². The zero-order valence-electron chi connectivity index (χ0n) is 11.1. The predicted molar refractivity (Wildman–Crippen MR) is 75.2 cm³/mol. The number of carbonyl (C=O) groups is 2. The number of carbonyl (C=O) groups excluding carboxylic acids is 2. The van der Waals surface area contributed by atoms with E-state index in [1.54, 1.807) is 6.08 Å². The summed E-state index contributed by atoms with van der Waals surface area (Å²) in [4.78, 5) is 21.9. The van der Waals surface area contributed by atoms with Gasteiger partial charge in [0.1, 0.15) is 0 Å². The molecule has 0 saturated heterocycles. The summed E-state index contributed by atoms with van der Waals surface area (Å²) in [5, 5.41) is 10.3. The molecule has 1 unspecified atom stereocenters. The Labute approximate surface area is 121 Å². The third kappa shape index (κ3) is 3.63. The van der Waals surface area contributed by atoms with Gasteiger partial charge in [-0.3, -0.25) is 4.79 Å². The Morgan fingerprint density at radius 1 is 1.35 bits per heavy atom. The average Bonchev–Trinajstić information content (AvgIpc) is 2.64. The molecule has 1 aliphatic heterocycles. The fraction of sp³-hybridized carbons (Fsp3) is 0.333. The highest BCUT2D eigenvalue weighted by atomic mass is 32.2. The molecule has 0 spiro atoms. The van der Waals surface area contributed by atoms with Crippen LogP contribution in [0.5, 0.6) is 0 Å². The normalized spacial score (nSPS) is 21.6. The van der Waals surface area contributed by atoms with Crippen molar-refractivity contribution in [3.05, 3.63) is 47.5 Å². The van der Waals surface area contributed by atoms with Gasteiger partial charge in [0.25, 0.3) is 6.16 Å². The van der Waals surface area contributed by atoms with Gasteiger partial charge >= 0.3 is 0 Å². The van der Waals surface area contributed by atoms with Crippen molar-refractivity contribution in [2.24, 2.45) is 0 Å². The highest BCUT2D eigenvalue weighted by Crippen LogP contribution is 2.43. The topological polar surface area (TPSA) is 66.4 Å². The van der Waals surface area contributed by atoms with Gasteiger partial charge in [-0.05, 0) is 37.0 Å². The molecule has 1 atom stereocenters. The van der Waals surface area contributed by atoms with Crippen LogP contribution in [0, 0.1) is 0 Å². The SMILES string of the molecule is CC1(Cc2ccccc2)SC(=O)C=C1CCOC(=O)[O-]. The van der Waals surface area contributed by atoms with Crippen LogP contribution in [0.1, 0.15) is 18.9 Å². The Morgan fingerprint density at radius 3 is 2.70 bits per heavy atom. The minimum Gasteiger partial charge on any atom is -0.549 e. The largest absolute Gasteiger partial charge is 0.549 e. The predicted octanol–water partition coefficient (Wildman–Crippen LogP) is 1.94. The van der Waals surface area contributed by atoms with E-state index in [4.69, 9.17) is 0 Å². The summed E-state index contributed by atoms with van der Waals surface area (Å²) < 4.78 is 4.09. The number of thioether (sulfide) groups is 1. The molecule has 106 valence electrons. The molecule has 0 amide bonds. The van der Waals surface area contributed by atoms with Crippen molar-refractivity contribution in [3.8, 4) is 0 Å². The van der Waals surface area contributed by atoms with Crippen molar-refractivity contribution in [2.45, 2.75) is 24.5 Å². The quantitative estimate of drug-likeness (QED) is 0.776. The summed E-state index contributed by atoms with van der Waals surface area (Å²) >= 11 is 1.28. The lowest BCUT2D eigenvalue weighted by Crippen LogP contribution is -2.27. The van der Waals surface area contributed by atoms with Crippen molar-refractivity contribution in [3.63, 3.8) is 0 Å². The summed E-state index contributed by atoms with van der Waals surface area (Å²) in [5.41, 5.74) is 2.06. The van der Waals surface area contributed by atoms with E-state index in [0.717, 1.165) is 17.6 Å². The number of rotatable bonds is 5. The van der Waals surface area contributed by atoms with E-state index >= 15 is 0 Å². The Kier molecular flexibility index (Phi) is 4.49. The fourth-order valence-electron chi connectivity index (χ4n) is 2.33. The van der Waals surface area contributed by atoms with Crippen LogP contribution in [0.25, 0.3) is 0 Å². The highest BCUT2D eigenvalue weighted by molar-refractivity contribution is 8.15. The van der Waals surface area contributed by atoms with E-state index in [2.05, 4.69) is 4.74 Å². The van der Waals surface area contributed by atoms with Gasteiger partial charge in [0.15, 0.2) is 0 Å². The zero-order chi connectivity index (χ0) is 14.6. The molecule has 1 aromatic carbocycles. The third-order valence-electron chi connectivity index (χ3n) is 3.27. The molecule has 20 heavy (non-hydrogen) atoms. The van der Waals surface area contributed by atoms with Crippen LogP contribution in [0.3, 0.4) is 0 Å². The van der Waals surface area contributed by atoms with Gasteiger partial charge in [-0.15, -0.1) is 0 Å². The molecular weight excluding hydrogens is 276 g/mol. The number of hydrogen-bond acceptors (Lipinski definition) is 5. The van der Waals surface area contributed by atoms with Crippen molar-refractivity contribution < 1.29 is 19.4 Å². The maximum Gasteiger partial charge on any atom is 0.251 e. The van der Waals surface area contributed by atoms with E-state index in [9.17, 15) is 14.7 Å². The minimum absolute atomic E-state index is 0.00637. The summed E-state index contributed by atoms with van der Waals surface area (Å²) in [6.07, 6.45) is 1.19. The molecule has 2 rings (SSSR count). The smallest absolute Gasteiger partial charge is 0.251 e. The van der Waals surface area contributed by atoms with Crippen molar-refractivity contribution in [1.82, 2.24) is 0 Å². The number of carboxylic acid groups (broad SMARTS) is 1. The van der Waals surface area contributed by atoms with E-state index in [1.807, 2.05) is 37.3 Å². The van der Waals surface area contributed by atoms with Crippen LogP contribution in [-0.2, 0) is 16.0 Å². The maximum atomic E-state index is 11.7. The molecular formula is C15H15O4S-. The lowest BCUT2D eigenvalue weighted by molar-refractivity contribution is -0.282. The van der Waals surface area contributed by atoms with Crippen LogP contribution >= 0.6 is 11.8 Å². The van der Waals surface area contributed by atoms with Crippen LogP contribution < -0.4 is 5.11 Å². The van der Waals surface area contributed by atoms with Gasteiger partial charge in [-0.25, -0.2) is 0 Å². The second-order valence-electron chi connectivity index (χ2n) is 4.83. The van der Waals surface area contributed by atoms with Gasteiger partial charge in [0.2, 0.25) is 5.12 Å². The number of hydrogen-bond donors (Lipinski definition) is 0. The molecule has 0 N–H and O–H groups in total. The van der Waals surface area contributed by atoms with E-state index in [1.165, 1.54) is 11.8 Å². The van der Waals surface area contributed by atoms with Crippen LogP contribution in [-0.4, -0.2) is 22.6 Å². The molecule has 0 fully saturated rings. The van der Waals surface area contributed by atoms with Crippen LogP contribution in [0.15, 0.2) is 42.0 Å². The number of ether oxygens (including phenoxy) is 1. The molecule has 1 aliphatic rings. The summed E-state index contributed by atoms with van der Waals surface area (Å²) in [6, 6.07) is 9.91. The molecule has 5 heteroatoms. The second-order valence-corrected chi connectivity index (χ2v) is 6.34. The van der Waals surface area contributed by atoms with Crippen molar-refractivity contribution in [2.75, 3.05) is 6.61 Å². The molecule has 0 bridgehead atoms. The first-order valence-corrected chi connectivity index (χ1v) is 7.13. The van der Waals surface area contributed by atoms with Gasteiger partial charge in [-0.1, -0.05) is 42.1 Å². The average molecular weight is 291 g/mol. The Hall–Kier alpha value is -1.75. The highest BCUT2D eigenvalue weighted by Gasteiger charge is 2.37. The standard InChI is InChI=1S/C15H16O4S/c1-15(10-11-5-3-2-4-6-11)12(9-13(16)20-15)7-8-19-14(17)18/h2-6,9H,7-8,10H2,1H3,(H,17,18)/p-1. The Bertz CT molecular complexity index is 538. The molecule has 0 radical (unpaired) electrons. The van der Waals surface area contributed by atoms with Gasteiger partial charge in [0.05, 0.1) is 0 Å². The Morgan fingerprint density at radius 2 is 2.05 bits per heavy atom. The lowest BCUT2D eigenvalue weighted by Gasteiger charge is -2.27. The summed E-state index contributed by atoms with van der Waals surface area (Å²) in [7, 11) is 0. The monoisotopic (exact) mass is 291 g/mol. The van der Waals surface area contributed by atoms with Crippen molar-refractivity contribution >= 4 is 23.0 Å². The first-order valence-electron chi connectivity index (χ1n) is 6.31. The van der Waals surface area contributed by atoms with Gasteiger partial charge < -0.3 is 14.6 Å². The van der Waals surface area contributed by atoms with Gasteiger partial charge in [0, 0.05) is 11.4 Å². The van der Waals surface area contributed by atoms with E-state index in [0.29, 0.717) is 6.42 Å². The molecule has 0 aromatic heterocycles. The van der Waals surface area contributed by atoms with E-state index < -0.39 is 6.16 Å². The fourth-order valence-corrected chi connectivity index (χ4v) is 3.50. The first kappa shape index (κ1) is 14.7. The molecule has 0 aliphatic carbocycles. The third-order valence-corrected chi connectivity index (χ3v) is 4.45. The van der Waals surface area contributed by atoms with Gasteiger partial charge in [-0.2, -0.15) is 0 Å². The maximum absolute atomic E-state index is 11.7. The molecule has 1 heterocycles. The molecule has 1 aromatic rings. The lowest BCUT2D eigenvalue weighted by atomic mass is 9.90. The molecule has 0 saturated carbocycles. The van der Waals surface area contributed by atoms with Crippen LogP contribution in [0.4, 0.5) is 4.79 Å². The second kappa shape index (κ2) is 6.13.